The zero-order valence-electron chi connectivity index (χ0n) is 18.4. The van der Waals surface area contributed by atoms with Crippen molar-refractivity contribution in [3.05, 3.63) is 68.0 Å². The molecule has 2 heterocycles. The van der Waals surface area contributed by atoms with Gasteiger partial charge in [0.1, 0.15) is 11.4 Å². The lowest BCUT2D eigenvalue weighted by Gasteiger charge is -2.41. The molecular weight excluding hydrogens is 410 g/mol. The zero-order chi connectivity index (χ0) is 23.2. The van der Waals surface area contributed by atoms with Crippen LogP contribution < -0.4 is 21.5 Å². The topological polar surface area (TPSA) is 125 Å². The number of hydrogen-bond donors (Lipinski definition) is 3. The molecule has 9 nitrogen and oxygen atoms in total. The van der Waals surface area contributed by atoms with Crippen molar-refractivity contribution in [2.24, 2.45) is 5.41 Å². The van der Waals surface area contributed by atoms with Crippen molar-refractivity contribution in [1.29, 1.82) is 0 Å². The van der Waals surface area contributed by atoms with E-state index in [-0.39, 0.29) is 40.0 Å². The molecular formula is C23H25N5O4. The van der Waals surface area contributed by atoms with Crippen LogP contribution >= 0.6 is 0 Å². The molecule has 1 aliphatic carbocycles. The lowest BCUT2D eigenvalue weighted by atomic mass is 9.70. The van der Waals surface area contributed by atoms with E-state index < -0.39 is 16.8 Å². The van der Waals surface area contributed by atoms with E-state index in [4.69, 9.17) is 0 Å². The Morgan fingerprint density at radius 2 is 1.88 bits per heavy atom. The first kappa shape index (κ1) is 21.5. The van der Waals surface area contributed by atoms with Gasteiger partial charge in [-0.15, -0.1) is 0 Å². The summed E-state index contributed by atoms with van der Waals surface area (Å²) < 4.78 is 0. The van der Waals surface area contributed by atoms with E-state index in [0.717, 1.165) is 24.0 Å². The molecule has 0 saturated heterocycles. The van der Waals surface area contributed by atoms with Crippen LogP contribution in [-0.4, -0.2) is 40.0 Å². The molecule has 32 heavy (non-hydrogen) atoms. The largest absolute Gasteiger partial charge is 0.504 e. The van der Waals surface area contributed by atoms with E-state index in [1.54, 1.807) is 20.3 Å². The van der Waals surface area contributed by atoms with E-state index in [9.17, 15) is 19.5 Å². The zero-order valence-corrected chi connectivity index (χ0v) is 18.4. The summed E-state index contributed by atoms with van der Waals surface area (Å²) in [4.78, 5) is 46.5. The third-order valence-corrected chi connectivity index (χ3v) is 6.06. The number of aromatic hydroxyl groups is 1. The van der Waals surface area contributed by atoms with Gasteiger partial charge in [0.15, 0.2) is 11.4 Å². The van der Waals surface area contributed by atoms with Crippen LogP contribution in [0.25, 0.3) is 0 Å². The molecule has 1 amide bonds. The van der Waals surface area contributed by atoms with Gasteiger partial charge in [0.05, 0.1) is 11.7 Å². The Morgan fingerprint density at radius 1 is 1.16 bits per heavy atom. The molecule has 1 aromatic carbocycles. The average molecular weight is 435 g/mol. The number of aromatic nitrogens is 2. The highest BCUT2D eigenvalue weighted by Crippen LogP contribution is 2.45. The SMILES string of the molecule is CN(C)C(=O)c1nccc(Nc2c(NC3c4ccncc4CCC3(C)C)c(=O)c2=O)c1O. The number of anilines is 3. The predicted octanol–water partition coefficient (Wildman–Crippen LogP) is 2.35. The predicted molar refractivity (Wildman–Crippen MR) is 121 cm³/mol. The maximum Gasteiger partial charge on any atom is 0.275 e. The summed E-state index contributed by atoms with van der Waals surface area (Å²) in [6.07, 6.45) is 6.68. The molecule has 0 bridgehead atoms. The number of nitrogens with one attached hydrogen (secondary N) is 2. The number of carbonyl (C=O) groups is 1. The monoisotopic (exact) mass is 435 g/mol. The number of hydrogen-bond acceptors (Lipinski definition) is 8. The van der Waals surface area contributed by atoms with Crippen molar-refractivity contribution >= 4 is 23.0 Å². The van der Waals surface area contributed by atoms with Gasteiger partial charge in [-0.3, -0.25) is 19.4 Å². The Morgan fingerprint density at radius 3 is 2.59 bits per heavy atom. The summed E-state index contributed by atoms with van der Waals surface area (Å²) in [6.45, 7) is 4.22. The van der Waals surface area contributed by atoms with Crippen LogP contribution in [-0.2, 0) is 6.42 Å². The second-order valence-corrected chi connectivity index (χ2v) is 8.93. The van der Waals surface area contributed by atoms with Gasteiger partial charge in [0.2, 0.25) is 0 Å². The molecule has 0 spiro atoms. The van der Waals surface area contributed by atoms with E-state index in [0.29, 0.717) is 0 Å². The molecule has 166 valence electrons. The lowest BCUT2D eigenvalue weighted by molar-refractivity contribution is 0.0819. The fraction of sp³-hybridized carbons (Fsp3) is 0.348. The molecule has 1 unspecified atom stereocenters. The number of carbonyl (C=O) groups excluding carboxylic acids is 1. The van der Waals surface area contributed by atoms with Crippen LogP contribution in [0.4, 0.5) is 17.1 Å². The Bertz CT molecular complexity index is 1270. The van der Waals surface area contributed by atoms with Gasteiger partial charge < -0.3 is 20.6 Å². The van der Waals surface area contributed by atoms with Gasteiger partial charge in [-0.25, -0.2) is 4.98 Å². The summed E-state index contributed by atoms with van der Waals surface area (Å²) in [6, 6.07) is 3.17. The normalized spacial score (nSPS) is 16.9. The van der Waals surface area contributed by atoms with Crippen molar-refractivity contribution < 1.29 is 9.90 Å². The molecule has 1 atom stereocenters. The van der Waals surface area contributed by atoms with Crippen LogP contribution in [0, 0.1) is 5.41 Å². The first-order chi connectivity index (χ1) is 15.1. The van der Waals surface area contributed by atoms with Crippen molar-refractivity contribution in [2.45, 2.75) is 32.7 Å². The molecule has 0 saturated carbocycles. The van der Waals surface area contributed by atoms with E-state index in [2.05, 4.69) is 34.4 Å². The second-order valence-electron chi connectivity index (χ2n) is 8.93. The van der Waals surface area contributed by atoms with Crippen LogP contribution in [0.2, 0.25) is 0 Å². The lowest BCUT2D eigenvalue weighted by Crippen LogP contribution is -2.41. The number of aryl methyl sites for hydroxylation is 1. The van der Waals surface area contributed by atoms with E-state index in [1.807, 2.05) is 12.3 Å². The summed E-state index contributed by atoms with van der Waals surface area (Å²) >= 11 is 0. The number of rotatable bonds is 5. The molecule has 2 aromatic heterocycles. The van der Waals surface area contributed by atoms with Crippen molar-refractivity contribution in [1.82, 2.24) is 14.9 Å². The van der Waals surface area contributed by atoms with Crippen molar-refractivity contribution in [3.63, 3.8) is 0 Å². The minimum absolute atomic E-state index is 0.0525. The van der Waals surface area contributed by atoms with Crippen LogP contribution in [0.3, 0.4) is 0 Å². The first-order valence-electron chi connectivity index (χ1n) is 10.3. The number of fused-ring (bicyclic) bond motifs is 1. The van der Waals surface area contributed by atoms with Gasteiger partial charge >= 0.3 is 0 Å². The highest BCUT2D eigenvalue weighted by Gasteiger charge is 2.38. The maximum atomic E-state index is 12.5. The van der Waals surface area contributed by atoms with Gasteiger partial charge in [-0.1, -0.05) is 13.8 Å². The summed E-state index contributed by atoms with van der Waals surface area (Å²) in [7, 11) is 3.09. The van der Waals surface area contributed by atoms with Crippen LogP contribution in [0.15, 0.2) is 40.3 Å². The Balaban J connectivity index is 1.68. The molecule has 9 heteroatoms. The van der Waals surface area contributed by atoms with Crippen molar-refractivity contribution in [2.75, 3.05) is 24.7 Å². The average Bonchev–Trinajstić information content (AvgIpc) is 2.77. The molecule has 4 rings (SSSR count). The molecule has 3 aromatic rings. The summed E-state index contributed by atoms with van der Waals surface area (Å²) in [5, 5.41) is 16.6. The smallest absolute Gasteiger partial charge is 0.275 e. The van der Waals surface area contributed by atoms with Crippen molar-refractivity contribution in [3.8, 4) is 5.75 Å². The quantitative estimate of drug-likeness (QED) is 0.522. The van der Waals surface area contributed by atoms with E-state index >= 15 is 0 Å². The summed E-state index contributed by atoms with van der Waals surface area (Å²) in [5.41, 5.74) is 0.852. The Hall–Kier alpha value is -3.75. The minimum Gasteiger partial charge on any atom is -0.504 e. The number of pyridine rings is 2. The van der Waals surface area contributed by atoms with Gasteiger partial charge in [-0.05, 0) is 41.5 Å². The summed E-state index contributed by atoms with van der Waals surface area (Å²) in [5.74, 6) is -0.872. The first-order valence-corrected chi connectivity index (χ1v) is 10.3. The number of nitrogens with zero attached hydrogens (tertiary/aromatic N) is 3. The third-order valence-electron chi connectivity index (χ3n) is 6.06. The highest BCUT2D eigenvalue weighted by atomic mass is 16.3. The fourth-order valence-electron chi connectivity index (χ4n) is 4.07. The number of amides is 1. The maximum absolute atomic E-state index is 12.5. The fourth-order valence-corrected chi connectivity index (χ4v) is 4.07. The van der Waals surface area contributed by atoms with Gasteiger partial charge in [0, 0.05) is 32.7 Å². The Kier molecular flexibility index (Phi) is 5.20. The molecule has 0 fully saturated rings. The van der Waals surface area contributed by atoms with Crippen LogP contribution in [0.5, 0.6) is 5.75 Å². The van der Waals surface area contributed by atoms with Gasteiger partial charge in [0.25, 0.3) is 16.8 Å². The standard InChI is InChI=1S/C23H25N5O4/c1-23(2)8-5-12-11-24-9-6-13(12)21(23)27-16-15(19(30)20(16)31)26-14-7-10-25-17(18(14)29)22(32)28(3)4/h6-7,9-11,21,27,29H,5,8H2,1-4H3,(H,25,26). The van der Waals surface area contributed by atoms with E-state index in [1.165, 1.54) is 17.2 Å². The second kappa shape index (κ2) is 7.74. The minimum atomic E-state index is -0.687. The molecule has 3 N–H and O–H groups in total. The third kappa shape index (κ3) is 3.49. The highest BCUT2D eigenvalue weighted by molar-refractivity contribution is 5.97. The molecule has 1 aliphatic rings. The van der Waals surface area contributed by atoms with Crippen LogP contribution in [0.1, 0.15) is 47.9 Å². The van der Waals surface area contributed by atoms with Gasteiger partial charge in [-0.2, -0.15) is 0 Å². The Labute approximate surface area is 184 Å². The molecule has 0 radical (unpaired) electrons. The molecule has 0 aliphatic heterocycles.